The van der Waals surface area contributed by atoms with Crippen molar-refractivity contribution in [3.63, 3.8) is 0 Å². The highest BCUT2D eigenvalue weighted by Crippen LogP contribution is 2.24. The smallest absolute Gasteiger partial charge is 0.193 e. The molecule has 0 radical (unpaired) electrons. The van der Waals surface area contributed by atoms with Crippen LogP contribution in [0.3, 0.4) is 0 Å². The van der Waals surface area contributed by atoms with E-state index in [0.29, 0.717) is 5.92 Å². The predicted molar refractivity (Wildman–Crippen MR) is 109 cm³/mol. The summed E-state index contributed by atoms with van der Waals surface area (Å²) >= 11 is 0. The van der Waals surface area contributed by atoms with Gasteiger partial charge in [-0.15, -0.1) is 0 Å². The first-order valence-corrected chi connectivity index (χ1v) is 9.84. The number of hydrogen-bond acceptors (Lipinski definition) is 4. The second kappa shape index (κ2) is 8.85. The van der Waals surface area contributed by atoms with Crippen molar-refractivity contribution in [3.05, 3.63) is 60.2 Å². The van der Waals surface area contributed by atoms with Gasteiger partial charge in [0.05, 0.1) is 11.4 Å². The molecule has 1 aliphatic heterocycles. The van der Waals surface area contributed by atoms with Gasteiger partial charge >= 0.3 is 0 Å². The first kappa shape index (κ1) is 19.1. The Morgan fingerprint density at radius 3 is 2.72 bits per heavy atom. The van der Waals surface area contributed by atoms with Crippen LogP contribution < -0.4 is 5.32 Å². The Morgan fingerprint density at radius 2 is 2.03 bits per heavy atom. The van der Waals surface area contributed by atoms with Crippen molar-refractivity contribution < 1.29 is 4.39 Å². The molecule has 8 nitrogen and oxygen atoms in total. The molecular formula is C20H25FN8. The van der Waals surface area contributed by atoms with E-state index < -0.39 is 0 Å². The summed E-state index contributed by atoms with van der Waals surface area (Å²) < 4.78 is 14.8. The molecule has 2 N–H and O–H groups in total. The van der Waals surface area contributed by atoms with Gasteiger partial charge in [0.1, 0.15) is 18.0 Å². The fourth-order valence-electron chi connectivity index (χ4n) is 3.64. The summed E-state index contributed by atoms with van der Waals surface area (Å²) in [5.41, 5.74) is 1.82. The second-order valence-electron chi connectivity index (χ2n) is 7.08. The van der Waals surface area contributed by atoms with Crippen molar-refractivity contribution >= 4 is 5.96 Å². The number of benzene rings is 1. The maximum Gasteiger partial charge on any atom is 0.193 e. The number of rotatable bonds is 5. The van der Waals surface area contributed by atoms with Gasteiger partial charge in [-0.05, 0) is 43.2 Å². The molecule has 152 valence electrons. The molecule has 1 saturated heterocycles. The number of halogens is 1. The van der Waals surface area contributed by atoms with Crippen LogP contribution in [-0.2, 0) is 6.42 Å². The lowest BCUT2D eigenvalue weighted by Crippen LogP contribution is -2.45. The largest absolute Gasteiger partial charge is 0.356 e. The molecule has 0 saturated carbocycles. The van der Waals surface area contributed by atoms with Crippen molar-refractivity contribution in [1.29, 1.82) is 0 Å². The third-order valence-electron chi connectivity index (χ3n) is 5.23. The van der Waals surface area contributed by atoms with Gasteiger partial charge in [0.15, 0.2) is 5.96 Å². The highest BCUT2D eigenvalue weighted by Gasteiger charge is 2.24. The van der Waals surface area contributed by atoms with Crippen molar-refractivity contribution in [2.45, 2.75) is 25.2 Å². The van der Waals surface area contributed by atoms with E-state index in [4.69, 9.17) is 0 Å². The molecule has 1 aromatic carbocycles. The van der Waals surface area contributed by atoms with Crippen LogP contribution >= 0.6 is 0 Å². The van der Waals surface area contributed by atoms with Crippen LogP contribution in [0.1, 0.15) is 30.3 Å². The molecule has 0 atom stereocenters. The number of aromatic amines is 1. The molecule has 2 aromatic heterocycles. The van der Waals surface area contributed by atoms with E-state index >= 15 is 0 Å². The Bertz CT molecular complexity index is 924. The minimum absolute atomic E-state index is 0.249. The average Bonchev–Trinajstić information content (AvgIpc) is 3.45. The topological polar surface area (TPSA) is 87.0 Å². The summed E-state index contributed by atoms with van der Waals surface area (Å²) in [6.07, 6.45) is 6.29. The van der Waals surface area contributed by atoms with Crippen molar-refractivity contribution in [1.82, 2.24) is 35.2 Å². The molecule has 1 fully saturated rings. The normalized spacial score (nSPS) is 15.7. The van der Waals surface area contributed by atoms with Gasteiger partial charge in [0.2, 0.25) is 0 Å². The number of hydrogen-bond donors (Lipinski definition) is 2. The molecule has 3 aromatic rings. The third kappa shape index (κ3) is 4.61. The zero-order chi connectivity index (χ0) is 20.1. The fourth-order valence-corrected chi connectivity index (χ4v) is 3.64. The zero-order valence-corrected chi connectivity index (χ0v) is 16.4. The van der Waals surface area contributed by atoms with Crippen molar-refractivity contribution in [2.24, 2.45) is 4.99 Å². The minimum Gasteiger partial charge on any atom is -0.356 e. The van der Waals surface area contributed by atoms with Crippen molar-refractivity contribution in [2.75, 3.05) is 26.7 Å². The standard InChI is InChI=1S/C20H25FN8/c1-22-20(28-11-7-15(8-12-28)19-24-14-25-26-19)23-10-6-17-9-13-29(27-17)18-4-2-16(21)3-5-18/h2-5,9,13-15H,6-8,10-12H2,1H3,(H,22,23)(H,24,25,26). The summed E-state index contributed by atoms with van der Waals surface area (Å²) in [5.74, 6) is 2.08. The molecule has 4 rings (SSSR count). The summed E-state index contributed by atoms with van der Waals surface area (Å²) in [5, 5.41) is 14.9. The zero-order valence-electron chi connectivity index (χ0n) is 16.4. The van der Waals surface area contributed by atoms with Gasteiger partial charge in [-0.25, -0.2) is 14.1 Å². The number of nitrogens with one attached hydrogen (secondary N) is 2. The maximum atomic E-state index is 13.1. The summed E-state index contributed by atoms with van der Waals surface area (Å²) in [4.78, 5) is 11.0. The first-order valence-electron chi connectivity index (χ1n) is 9.84. The SMILES string of the molecule is CN=C(NCCc1ccn(-c2ccc(F)cc2)n1)N1CCC(c2ncn[nH]2)CC1. The lowest BCUT2D eigenvalue weighted by atomic mass is 9.96. The molecule has 0 spiro atoms. The van der Waals surface area contributed by atoms with E-state index in [1.54, 1.807) is 23.1 Å². The van der Waals surface area contributed by atoms with E-state index in [0.717, 1.165) is 62.1 Å². The quantitative estimate of drug-likeness (QED) is 0.510. The number of H-pyrrole nitrogens is 1. The molecule has 0 aliphatic carbocycles. The van der Waals surface area contributed by atoms with Gasteiger partial charge in [-0.1, -0.05) is 0 Å². The molecule has 9 heteroatoms. The Morgan fingerprint density at radius 1 is 1.24 bits per heavy atom. The van der Waals surface area contributed by atoms with Crippen LogP contribution in [0.2, 0.25) is 0 Å². The van der Waals surface area contributed by atoms with Gasteiger partial charge in [-0.3, -0.25) is 10.1 Å². The van der Waals surface area contributed by atoms with Gasteiger partial charge in [-0.2, -0.15) is 10.2 Å². The van der Waals surface area contributed by atoms with Gasteiger partial charge in [0, 0.05) is 45.2 Å². The van der Waals surface area contributed by atoms with Crippen LogP contribution in [0, 0.1) is 5.82 Å². The monoisotopic (exact) mass is 396 g/mol. The van der Waals surface area contributed by atoms with Crippen LogP contribution in [0.4, 0.5) is 4.39 Å². The molecule has 29 heavy (non-hydrogen) atoms. The number of aliphatic imine (C=N–C) groups is 1. The van der Waals surface area contributed by atoms with E-state index in [-0.39, 0.29) is 5.82 Å². The molecule has 1 aliphatic rings. The highest BCUT2D eigenvalue weighted by atomic mass is 19.1. The Balaban J connectivity index is 1.26. The lowest BCUT2D eigenvalue weighted by Gasteiger charge is -2.33. The van der Waals surface area contributed by atoms with Crippen LogP contribution in [0.25, 0.3) is 5.69 Å². The predicted octanol–water partition coefficient (Wildman–Crippen LogP) is 2.13. The van der Waals surface area contributed by atoms with Crippen LogP contribution in [0.15, 0.2) is 47.8 Å². The highest BCUT2D eigenvalue weighted by molar-refractivity contribution is 5.80. The summed E-state index contributed by atoms with van der Waals surface area (Å²) in [6.45, 7) is 2.61. The van der Waals surface area contributed by atoms with E-state index in [1.807, 2.05) is 19.3 Å². The van der Waals surface area contributed by atoms with Gasteiger partial charge in [0.25, 0.3) is 0 Å². The number of aromatic nitrogens is 5. The molecule has 3 heterocycles. The second-order valence-corrected chi connectivity index (χ2v) is 7.08. The number of piperidine rings is 1. The van der Waals surface area contributed by atoms with Crippen LogP contribution in [0.5, 0.6) is 0 Å². The minimum atomic E-state index is -0.249. The van der Waals surface area contributed by atoms with Crippen LogP contribution in [-0.4, -0.2) is 62.5 Å². The molecule has 0 unspecified atom stereocenters. The summed E-state index contributed by atoms with van der Waals surface area (Å²) in [6, 6.07) is 8.29. The Hall–Kier alpha value is -3.23. The Labute approximate surface area is 168 Å². The van der Waals surface area contributed by atoms with E-state index in [2.05, 4.69) is 35.5 Å². The van der Waals surface area contributed by atoms with E-state index in [9.17, 15) is 4.39 Å². The number of nitrogens with zero attached hydrogens (tertiary/aromatic N) is 6. The van der Waals surface area contributed by atoms with Gasteiger partial charge < -0.3 is 10.2 Å². The summed E-state index contributed by atoms with van der Waals surface area (Å²) in [7, 11) is 1.81. The lowest BCUT2D eigenvalue weighted by molar-refractivity contribution is 0.299. The first-order chi connectivity index (χ1) is 14.2. The molecular weight excluding hydrogens is 371 g/mol. The third-order valence-corrected chi connectivity index (χ3v) is 5.23. The van der Waals surface area contributed by atoms with E-state index in [1.165, 1.54) is 12.1 Å². The average molecular weight is 396 g/mol. The maximum absolute atomic E-state index is 13.1. The van der Waals surface area contributed by atoms with Crippen molar-refractivity contribution in [3.8, 4) is 5.69 Å². The number of guanidine groups is 1. The fraction of sp³-hybridized carbons (Fsp3) is 0.400. The Kier molecular flexibility index (Phi) is 5.83. The molecule has 0 bridgehead atoms. The molecule has 0 amide bonds. The number of likely N-dealkylation sites (tertiary alicyclic amines) is 1.